The zero-order valence-corrected chi connectivity index (χ0v) is 20.5. The van der Waals surface area contributed by atoms with E-state index in [1.54, 1.807) is 19.2 Å². The Hall–Kier alpha value is -1.38. The van der Waals surface area contributed by atoms with Gasteiger partial charge >= 0.3 is 0 Å². The molecule has 5 nitrogen and oxygen atoms in total. The van der Waals surface area contributed by atoms with Crippen LogP contribution in [0, 0.1) is 11.7 Å². The molecule has 0 spiro atoms. The van der Waals surface area contributed by atoms with Crippen LogP contribution in [-0.2, 0) is 10.2 Å². The van der Waals surface area contributed by atoms with Crippen LogP contribution in [0.2, 0.25) is 0 Å². The maximum absolute atomic E-state index is 13.6. The summed E-state index contributed by atoms with van der Waals surface area (Å²) < 4.78 is 13.6. The number of rotatable bonds is 6. The fourth-order valence-electron chi connectivity index (χ4n) is 3.67. The van der Waals surface area contributed by atoms with E-state index in [0.29, 0.717) is 6.54 Å². The molecule has 2 unspecified atom stereocenters. The molecule has 1 aromatic carbocycles. The minimum Gasteiger partial charge on any atom is -0.356 e. The summed E-state index contributed by atoms with van der Waals surface area (Å²) in [5.41, 5.74) is 0.699. The molecule has 1 fully saturated rings. The Morgan fingerprint density at radius 3 is 2.66 bits per heavy atom. The smallest absolute Gasteiger partial charge is 0.223 e. The second kappa shape index (κ2) is 11.7. The summed E-state index contributed by atoms with van der Waals surface area (Å²) in [5.74, 6) is 0.701. The lowest BCUT2D eigenvalue weighted by molar-refractivity contribution is -0.126. The molecule has 0 heterocycles. The van der Waals surface area contributed by atoms with E-state index in [0.717, 1.165) is 37.2 Å². The van der Waals surface area contributed by atoms with Crippen molar-refractivity contribution in [3.8, 4) is 0 Å². The Kier molecular flexibility index (Phi) is 10.4. The standard InChI is InChI=1S/C22H35FN4O.HI/c1-15(2)26-20(28)16-8-6-11-19(12-16)27-21(24-5)25-14-22(3,4)17-9-7-10-18(23)13-17;/h7,9-10,13,15-16,19H,6,8,11-12,14H2,1-5H3,(H,26,28)(H2,24,25,27);1H. The fourth-order valence-corrected chi connectivity index (χ4v) is 3.67. The molecule has 0 radical (unpaired) electrons. The van der Waals surface area contributed by atoms with Crippen molar-refractivity contribution >= 4 is 35.8 Å². The van der Waals surface area contributed by atoms with E-state index in [-0.39, 0.29) is 59.1 Å². The highest BCUT2D eigenvalue weighted by atomic mass is 127. The average Bonchev–Trinajstić information content (AvgIpc) is 2.65. The molecular weight excluding hydrogens is 482 g/mol. The Labute approximate surface area is 191 Å². The largest absolute Gasteiger partial charge is 0.356 e. The molecular formula is C22H36FIN4O. The van der Waals surface area contributed by atoms with Crippen LogP contribution in [0.15, 0.2) is 29.3 Å². The van der Waals surface area contributed by atoms with Gasteiger partial charge in [0.05, 0.1) is 0 Å². The van der Waals surface area contributed by atoms with Crippen molar-refractivity contribution in [2.75, 3.05) is 13.6 Å². The first-order valence-electron chi connectivity index (χ1n) is 10.2. The summed E-state index contributed by atoms with van der Waals surface area (Å²) >= 11 is 0. The minimum absolute atomic E-state index is 0. The highest BCUT2D eigenvalue weighted by molar-refractivity contribution is 14.0. The van der Waals surface area contributed by atoms with Gasteiger partial charge in [-0.25, -0.2) is 4.39 Å². The maximum Gasteiger partial charge on any atom is 0.223 e. The van der Waals surface area contributed by atoms with E-state index in [2.05, 4.69) is 34.8 Å². The van der Waals surface area contributed by atoms with Gasteiger partial charge in [-0.15, -0.1) is 24.0 Å². The van der Waals surface area contributed by atoms with Crippen molar-refractivity contribution in [3.63, 3.8) is 0 Å². The van der Waals surface area contributed by atoms with E-state index in [1.807, 2.05) is 19.9 Å². The molecule has 1 aliphatic carbocycles. The van der Waals surface area contributed by atoms with E-state index in [4.69, 9.17) is 0 Å². The maximum atomic E-state index is 13.6. The highest BCUT2D eigenvalue weighted by Gasteiger charge is 2.28. The third-order valence-electron chi connectivity index (χ3n) is 5.34. The Morgan fingerprint density at radius 2 is 2.03 bits per heavy atom. The van der Waals surface area contributed by atoms with E-state index >= 15 is 0 Å². The third kappa shape index (κ3) is 8.10. The number of benzene rings is 1. The lowest BCUT2D eigenvalue weighted by Crippen LogP contribution is -2.49. The molecule has 0 aromatic heterocycles. The summed E-state index contributed by atoms with van der Waals surface area (Å²) in [6.07, 6.45) is 3.81. The Morgan fingerprint density at radius 1 is 1.31 bits per heavy atom. The Bertz CT molecular complexity index is 693. The van der Waals surface area contributed by atoms with Crippen molar-refractivity contribution in [3.05, 3.63) is 35.6 Å². The highest BCUT2D eigenvalue weighted by Crippen LogP contribution is 2.25. The van der Waals surface area contributed by atoms with E-state index < -0.39 is 0 Å². The predicted octanol–water partition coefficient (Wildman–Crippen LogP) is 3.97. The van der Waals surface area contributed by atoms with Gasteiger partial charge in [-0.05, 0) is 50.8 Å². The molecule has 1 amide bonds. The fraction of sp³-hybridized carbons (Fsp3) is 0.636. The minimum atomic E-state index is -0.244. The van der Waals surface area contributed by atoms with Crippen LogP contribution in [-0.4, -0.2) is 37.5 Å². The first-order valence-corrected chi connectivity index (χ1v) is 10.2. The van der Waals surface area contributed by atoms with Gasteiger partial charge in [-0.3, -0.25) is 9.79 Å². The SMILES string of the molecule is CN=C(NCC(C)(C)c1cccc(F)c1)NC1CCCC(C(=O)NC(C)C)C1.I. The van der Waals surface area contributed by atoms with Crippen LogP contribution in [0.3, 0.4) is 0 Å². The van der Waals surface area contributed by atoms with Crippen LogP contribution in [0.25, 0.3) is 0 Å². The van der Waals surface area contributed by atoms with Gasteiger partial charge in [0.25, 0.3) is 0 Å². The molecule has 1 aromatic rings. The number of guanidine groups is 1. The number of hydrogen-bond acceptors (Lipinski definition) is 2. The van der Waals surface area contributed by atoms with Crippen LogP contribution in [0.4, 0.5) is 4.39 Å². The van der Waals surface area contributed by atoms with Crippen LogP contribution < -0.4 is 16.0 Å². The summed E-state index contributed by atoms with van der Waals surface area (Å²) in [4.78, 5) is 16.7. The van der Waals surface area contributed by atoms with Crippen LogP contribution >= 0.6 is 24.0 Å². The van der Waals surface area contributed by atoms with Crippen molar-refractivity contribution in [1.82, 2.24) is 16.0 Å². The normalized spacial score (nSPS) is 20.0. The number of hydrogen-bond donors (Lipinski definition) is 3. The molecule has 0 bridgehead atoms. The first-order chi connectivity index (χ1) is 13.2. The van der Waals surface area contributed by atoms with Gasteiger partial charge in [0.15, 0.2) is 5.96 Å². The number of carbonyl (C=O) groups is 1. The van der Waals surface area contributed by atoms with Crippen molar-refractivity contribution < 1.29 is 9.18 Å². The molecule has 1 saturated carbocycles. The monoisotopic (exact) mass is 518 g/mol. The molecule has 164 valence electrons. The topological polar surface area (TPSA) is 65.5 Å². The zero-order valence-electron chi connectivity index (χ0n) is 18.2. The number of carbonyl (C=O) groups excluding carboxylic acids is 1. The molecule has 2 atom stereocenters. The van der Waals surface area contributed by atoms with Crippen molar-refractivity contribution in [2.24, 2.45) is 10.9 Å². The van der Waals surface area contributed by atoms with Gasteiger partial charge in [0.1, 0.15) is 5.82 Å². The van der Waals surface area contributed by atoms with E-state index in [9.17, 15) is 9.18 Å². The lowest BCUT2D eigenvalue weighted by atomic mass is 9.84. The molecule has 1 aliphatic rings. The van der Waals surface area contributed by atoms with Crippen LogP contribution in [0.5, 0.6) is 0 Å². The molecule has 2 rings (SSSR count). The van der Waals surface area contributed by atoms with Crippen LogP contribution in [0.1, 0.15) is 58.9 Å². The number of halogens is 2. The van der Waals surface area contributed by atoms with Crippen molar-refractivity contribution in [1.29, 1.82) is 0 Å². The molecule has 3 N–H and O–H groups in total. The Balaban J connectivity index is 0.00000420. The van der Waals surface area contributed by atoms with Gasteiger partial charge in [-0.1, -0.05) is 32.4 Å². The second-order valence-corrected chi connectivity index (χ2v) is 8.69. The number of nitrogens with one attached hydrogen (secondary N) is 3. The lowest BCUT2D eigenvalue weighted by Gasteiger charge is -2.32. The average molecular weight is 518 g/mol. The number of nitrogens with zero attached hydrogens (tertiary/aromatic N) is 1. The zero-order chi connectivity index (χ0) is 20.7. The number of amides is 1. The second-order valence-electron chi connectivity index (χ2n) is 8.69. The summed E-state index contributed by atoms with van der Waals surface area (Å²) in [5, 5.41) is 9.86. The molecule has 0 aliphatic heterocycles. The van der Waals surface area contributed by atoms with Gasteiger partial charge < -0.3 is 16.0 Å². The van der Waals surface area contributed by atoms with Gasteiger partial charge in [-0.2, -0.15) is 0 Å². The number of aliphatic imine (C=N–C) groups is 1. The summed E-state index contributed by atoms with van der Waals surface area (Å²) in [6, 6.07) is 7.11. The molecule has 0 saturated heterocycles. The van der Waals surface area contributed by atoms with Crippen molar-refractivity contribution in [2.45, 2.75) is 70.9 Å². The third-order valence-corrected chi connectivity index (χ3v) is 5.34. The van der Waals surface area contributed by atoms with Gasteiger partial charge in [0, 0.05) is 37.0 Å². The quantitative estimate of drug-likeness (QED) is 0.304. The van der Waals surface area contributed by atoms with Gasteiger partial charge in [0.2, 0.25) is 5.91 Å². The molecule has 29 heavy (non-hydrogen) atoms. The first kappa shape index (κ1) is 25.7. The van der Waals surface area contributed by atoms with E-state index in [1.165, 1.54) is 6.07 Å². The summed E-state index contributed by atoms with van der Waals surface area (Å²) in [7, 11) is 1.75. The summed E-state index contributed by atoms with van der Waals surface area (Å²) in [6.45, 7) is 8.76. The molecule has 7 heteroatoms. The predicted molar refractivity (Wildman–Crippen MR) is 128 cm³/mol.